The first-order chi connectivity index (χ1) is 21.6. The molecule has 4 aromatic carbocycles. The zero-order valence-electron chi connectivity index (χ0n) is 23.0. The molecule has 4 aromatic heterocycles. The molecule has 0 unspecified atom stereocenters. The van der Waals surface area contributed by atoms with E-state index < -0.39 is 0 Å². The van der Waals surface area contributed by atoms with E-state index >= 15 is 0 Å². The third kappa shape index (κ3) is 3.59. The van der Waals surface area contributed by atoms with Crippen LogP contribution in [0.2, 0.25) is 0 Å². The molecule has 8 bridgehead atoms. The number of fused-ring (bicyclic) bond motifs is 20. The number of nitrogens with two attached hydrogens (primary N) is 1. The number of aromatic amines is 4. The lowest BCUT2D eigenvalue weighted by atomic mass is 10.1. The smallest absolute Gasteiger partial charge is 0.190 e. The predicted octanol–water partition coefficient (Wildman–Crippen LogP) is 5.04. The van der Waals surface area contributed by atoms with E-state index in [4.69, 9.17) is 31.1 Å². The maximum absolute atomic E-state index is 7.91. The highest BCUT2D eigenvalue weighted by atomic mass is 15.1. The summed E-state index contributed by atoms with van der Waals surface area (Å²) in [6, 6.07) is 29.8. The van der Waals surface area contributed by atoms with Crippen LogP contribution in [0.1, 0.15) is 0 Å². The zero-order valence-corrected chi connectivity index (χ0v) is 23.0. The Hall–Kier alpha value is -6.49. The second-order valence-electron chi connectivity index (χ2n) is 10.6. The Balaban J connectivity index is 1.49. The standard InChI is InChI=1S/C33H23N11/c34-33(35)36-23-15-7-14-22-24(23)32-43-30-21-13-6-5-12-20(21)28(41-30)39-26-17-9-2-1-8-16(17)25(37-26)38-27-18-10-3-4-11-19(18)29(40-27)42-31(22)44-32/h1-15H,(H4,34,35,36)(H4,37,38,39,40,41,42,43,44). The number of rotatable bonds is 1. The van der Waals surface area contributed by atoms with E-state index in [1.807, 2.05) is 91.0 Å². The number of nitrogens with zero attached hydrogens (tertiary/aromatic N) is 4. The van der Waals surface area contributed by atoms with Gasteiger partial charge < -0.3 is 31.0 Å². The number of aromatic nitrogens is 4. The van der Waals surface area contributed by atoms with Gasteiger partial charge in [-0.15, -0.1) is 0 Å². The Morgan fingerprint density at radius 3 is 1.34 bits per heavy atom. The highest BCUT2D eigenvalue weighted by Crippen LogP contribution is 2.39. The van der Waals surface area contributed by atoms with Gasteiger partial charge in [0, 0.05) is 37.7 Å². The van der Waals surface area contributed by atoms with Gasteiger partial charge in [-0.3, -0.25) is 5.41 Å². The number of guanidine groups is 1. The molecular weight excluding hydrogens is 550 g/mol. The van der Waals surface area contributed by atoms with Gasteiger partial charge in [0.15, 0.2) is 5.96 Å². The number of nitrogens with one attached hydrogen (secondary N) is 6. The van der Waals surface area contributed by atoms with Gasteiger partial charge in [0.05, 0.1) is 11.1 Å². The van der Waals surface area contributed by atoms with Gasteiger partial charge in [0.25, 0.3) is 0 Å². The third-order valence-corrected chi connectivity index (χ3v) is 7.98. The normalized spacial score (nSPS) is 12.5. The van der Waals surface area contributed by atoms with E-state index in [0.717, 1.165) is 43.1 Å². The van der Waals surface area contributed by atoms with Crippen molar-refractivity contribution < 1.29 is 0 Å². The number of anilines is 1. The zero-order chi connectivity index (χ0) is 29.4. The highest BCUT2D eigenvalue weighted by molar-refractivity contribution is 6.10. The van der Waals surface area contributed by atoms with Crippen molar-refractivity contribution in [3.8, 4) is 0 Å². The summed E-state index contributed by atoms with van der Waals surface area (Å²) < 4.78 is 0. The molecule has 11 nitrogen and oxygen atoms in total. The quantitative estimate of drug-likeness (QED) is 0.108. The Bertz CT molecular complexity index is 2730. The summed E-state index contributed by atoms with van der Waals surface area (Å²) >= 11 is 0. The van der Waals surface area contributed by atoms with Crippen LogP contribution >= 0.6 is 0 Å². The molecular formula is C33H23N11. The maximum Gasteiger partial charge on any atom is 0.190 e. The molecule has 11 heteroatoms. The van der Waals surface area contributed by atoms with E-state index in [9.17, 15) is 0 Å². The van der Waals surface area contributed by atoms with Crippen LogP contribution in [0.4, 0.5) is 29.0 Å². The lowest BCUT2D eigenvalue weighted by molar-refractivity contribution is 1.08. The molecule has 0 spiro atoms. The molecule has 8 aromatic rings. The second-order valence-corrected chi connectivity index (χ2v) is 10.6. The van der Waals surface area contributed by atoms with Crippen LogP contribution in [0.3, 0.4) is 0 Å². The highest BCUT2D eigenvalue weighted by Gasteiger charge is 2.17. The summed E-state index contributed by atoms with van der Waals surface area (Å²) in [6.45, 7) is 0. The molecule has 9 rings (SSSR count). The number of benzene rings is 4. The van der Waals surface area contributed by atoms with E-state index in [1.165, 1.54) is 0 Å². The molecule has 210 valence electrons. The summed E-state index contributed by atoms with van der Waals surface area (Å²) in [7, 11) is 0. The van der Waals surface area contributed by atoms with E-state index in [-0.39, 0.29) is 5.96 Å². The van der Waals surface area contributed by atoms with E-state index in [0.29, 0.717) is 50.9 Å². The summed E-state index contributed by atoms with van der Waals surface area (Å²) in [6.07, 6.45) is 0. The first-order valence-corrected chi connectivity index (χ1v) is 14.1. The molecule has 0 radical (unpaired) electrons. The maximum atomic E-state index is 7.91. The van der Waals surface area contributed by atoms with E-state index in [1.54, 1.807) is 0 Å². The van der Waals surface area contributed by atoms with Crippen LogP contribution in [0.15, 0.2) is 111 Å². The molecule has 8 N–H and O–H groups in total. The molecule has 0 atom stereocenters. The number of hydrogen-bond acceptors (Lipinski definition) is 5. The van der Waals surface area contributed by atoms with Gasteiger partial charge in [-0.2, -0.15) is 0 Å². The van der Waals surface area contributed by atoms with Gasteiger partial charge in [0.2, 0.25) is 0 Å². The van der Waals surface area contributed by atoms with Crippen molar-refractivity contribution in [3.05, 3.63) is 113 Å². The van der Waals surface area contributed by atoms with Crippen LogP contribution in [0, 0.1) is 5.41 Å². The van der Waals surface area contributed by atoms with Crippen LogP contribution in [-0.4, -0.2) is 25.9 Å². The first-order valence-electron chi connectivity index (χ1n) is 14.1. The lowest BCUT2D eigenvalue weighted by Crippen LogP contribution is -2.20. The predicted molar refractivity (Wildman–Crippen MR) is 172 cm³/mol. The fourth-order valence-electron chi connectivity index (χ4n) is 6.07. The van der Waals surface area contributed by atoms with Gasteiger partial charge in [0.1, 0.15) is 45.2 Å². The lowest BCUT2D eigenvalue weighted by Gasteiger charge is -2.05. The summed E-state index contributed by atoms with van der Waals surface area (Å²) in [5.74, 6) is 2.36. The Morgan fingerprint density at radius 2 is 0.864 bits per heavy atom. The fraction of sp³-hybridized carbons (Fsp3) is 0. The molecule has 0 saturated carbocycles. The SMILES string of the molecule is N=C(N)Nc1cccc2c3[nH]c(c12)N=c1[nH]c(c2ccccc12)=Nc1[nH]c(c2ccccc12)N=c1[nH]c(c2ccccc12)=N3. The van der Waals surface area contributed by atoms with Crippen molar-refractivity contribution in [1.82, 2.24) is 19.9 Å². The minimum atomic E-state index is -0.174. The minimum Gasteiger partial charge on any atom is -0.370 e. The van der Waals surface area contributed by atoms with Crippen LogP contribution in [0.5, 0.6) is 0 Å². The van der Waals surface area contributed by atoms with Crippen LogP contribution in [-0.2, 0) is 0 Å². The van der Waals surface area contributed by atoms with Crippen molar-refractivity contribution in [3.63, 3.8) is 0 Å². The molecule has 1 aliphatic heterocycles. The Kier molecular flexibility index (Phi) is 4.94. The minimum absolute atomic E-state index is 0.174. The van der Waals surface area contributed by atoms with Crippen molar-refractivity contribution in [1.29, 1.82) is 5.41 Å². The van der Waals surface area contributed by atoms with Crippen molar-refractivity contribution >= 4 is 78.0 Å². The average Bonchev–Trinajstić information content (AvgIpc) is 3.77. The van der Waals surface area contributed by atoms with Crippen molar-refractivity contribution in [2.45, 2.75) is 0 Å². The fourth-order valence-corrected chi connectivity index (χ4v) is 6.07. The second kappa shape index (κ2) is 9.00. The number of H-pyrrole nitrogens is 4. The molecule has 0 aliphatic carbocycles. The summed E-state index contributed by atoms with van der Waals surface area (Å²) in [4.78, 5) is 34.2. The van der Waals surface area contributed by atoms with Gasteiger partial charge in [-0.05, 0) is 6.07 Å². The van der Waals surface area contributed by atoms with E-state index in [2.05, 4.69) is 25.3 Å². The first kappa shape index (κ1) is 24.1. The average molecular weight is 574 g/mol. The largest absolute Gasteiger partial charge is 0.370 e. The van der Waals surface area contributed by atoms with Gasteiger partial charge in [-0.25, -0.2) is 20.0 Å². The monoisotopic (exact) mass is 573 g/mol. The molecule has 44 heavy (non-hydrogen) atoms. The molecule has 5 heterocycles. The Labute approximate surface area is 247 Å². The Morgan fingerprint density at radius 1 is 0.477 bits per heavy atom. The summed E-state index contributed by atoms with van der Waals surface area (Å²) in [5, 5.41) is 18.1. The summed E-state index contributed by atoms with van der Waals surface area (Å²) in [5.41, 5.74) is 9.04. The molecule has 0 saturated heterocycles. The van der Waals surface area contributed by atoms with Gasteiger partial charge in [-0.1, -0.05) is 84.9 Å². The molecule has 0 fully saturated rings. The molecule has 0 amide bonds. The van der Waals surface area contributed by atoms with Gasteiger partial charge >= 0.3 is 0 Å². The van der Waals surface area contributed by atoms with Crippen LogP contribution < -0.4 is 33.0 Å². The topological polar surface area (TPSA) is 174 Å². The molecule has 1 aliphatic rings. The third-order valence-electron chi connectivity index (χ3n) is 7.98. The van der Waals surface area contributed by atoms with Crippen LogP contribution in [0.25, 0.3) is 43.1 Å². The number of hydrogen-bond donors (Lipinski definition) is 7. The van der Waals surface area contributed by atoms with Crippen molar-refractivity contribution in [2.75, 3.05) is 5.32 Å². The van der Waals surface area contributed by atoms with Crippen molar-refractivity contribution in [2.24, 2.45) is 25.7 Å².